The molecule has 2 rings (SSSR count). The predicted molar refractivity (Wildman–Crippen MR) is 86.8 cm³/mol. The van der Waals surface area contributed by atoms with Gasteiger partial charge in [0.1, 0.15) is 4.99 Å². The van der Waals surface area contributed by atoms with E-state index in [4.69, 9.17) is 22.7 Å². The molecular formula is C14H19BrN2OS. The Kier molecular flexibility index (Phi) is 5.19. The van der Waals surface area contributed by atoms with Crippen molar-refractivity contribution < 1.29 is 4.74 Å². The van der Waals surface area contributed by atoms with Crippen LogP contribution in [-0.2, 0) is 4.74 Å². The second-order valence-electron chi connectivity index (χ2n) is 4.97. The highest BCUT2D eigenvalue weighted by Gasteiger charge is 2.17. The van der Waals surface area contributed by atoms with Gasteiger partial charge in [0, 0.05) is 36.8 Å². The van der Waals surface area contributed by atoms with Gasteiger partial charge in [0.2, 0.25) is 0 Å². The molecule has 5 heteroatoms. The lowest BCUT2D eigenvalue weighted by molar-refractivity contribution is 0.0685. The standard InChI is InChI=1S/C14H19BrN2OS/c1-17(9-10-4-6-18-7-5-10)13-3-2-11(14(16)19)8-12(13)15/h2-3,8,10H,4-7,9H2,1H3,(H2,16,19). The van der Waals surface area contributed by atoms with Gasteiger partial charge in [0.25, 0.3) is 0 Å². The highest BCUT2D eigenvalue weighted by molar-refractivity contribution is 9.10. The smallest absolute Gasteiger partial charge is 0.104 e. The summed E-state index contributed by atoms with van der Waals surface area (Å²) < 4.78 is 6.43. The highest BCUT2D eigenvalue weighted by Crippen LogP contribution is 2.28. The molecular weight excluding hydrogens is 324 g/mol. The third kappa shape index (κ3) is 3.91. The summed E-state index contributed by atoms with van der Waals surface area (Å²) in [6.45, 7) is 2.83. The van der Waals surface area contributed by atoms with Crippen molar-refractivity contribution in [2.75, 3.05) is 31.7 Å². The third-order valence-electron chi connectivity index (χ3n) is 3.52. The number of nitrogens with two attached hydrogens (primary N) is 1. The third-order valence-corrected chi connectivity index (χ3v) is 4.39. The number of benzene rings is 1. The van der Waals surface area contributed by atoms with Crippen LogP contribution in [0.15, 0.2) is 22.7 Å². The maximum absolute atomic E-state index is 5.64. The molecule has 0 atom stereocenters. The molecule has 19 heavy (non-hydrogen) atoms. The molecule has 1 heterocycles. The molecule has 104 valence electrons. The molecule has 0 aliphatic carbocycles. The number of anilines is 1. The second-order valence-corrected chi connectivity index (χ2v) is 6.26. The summed E-state index contributed by atoms with van der Waals surface area (Å²) in [4.78, 5) is 2.71. The van der Waals surface area contributed by atoms with Crippen LogP contribution in [0.2, 0.25) is 0 Å². The number of thiocarbonyl (C=S) groups is 1. The number of ether oxygens (including phenoxy) is 1. The molecule has 2 N–H and O–H groups in total. The number of hydrogen-bond acceptors (Lipinski definition) is 3. The van der Waals surface area contributed by atoms with Crippen LogP contribution in [0.4, 0.5) is 5.69 Å². The van der Waals surface area contributed by atoms with E-state index in [1.165, 1.54) is 5.69 Å². The molecule has 0 aromatic heterocycles. The van der Waals surface area contributed by atoms with E-state index in [-0.39, 0.29) is 0 Å². The van der Waals surface area contributed by atoms with Gasteiger partial charge in [-0.05, 0) is 52.9 Å². The van der Waals surface area contributed by atoms with Crippen LogP contribution >= 0.6 is 28.1 Å². The van der Waals surface area contributed by atoms with Crippen molar-refractivity contribution in [3.05, 3.63) is 28.2 Å². The normalized spacial score (nSPS) is 16.3. The zero-order valence-corrected chi connectivity index (χ0v) is 13.5. The van der Waals surface area contributed by atoms with Crippen LogP contribution in [0, 0.1) is 5.92 Å². The fraction of sp³-hybridized carbons (Fsp3) is 0.500. The van der Waals surface area contributed by atoms with Crippen molar-refractivity contribution in [2.24, 2.45) is 11.7 Å². The molecule has 1 fully saturated rings. The molecule has 1 aromatic carbocycles. The molecule has 1 aliphatic heterocycles. The summed E-state index contributed by atoms with van der Waals surface area (Å²) in [5.41, 5.74) is 7.71. The van der Waals surface area contributed by atoms with E-state index in [0.717, 1.165) is 42.6 Å². The summed E-state index contributed by atoms with van der Waals surface area (Å²) in [7, 11) is 2.12. The molecule has 3 nitrogen and oxygen atoms in total. The fourth-order valence-corrected chi connectivity index (χ4v) is 3.19. The Morgan fingerprint density at radius 2 is 2.16 bits per heavy atom. The molecule has 0 amide bonds. The fourth-order valence-electron chi connectivity index (χ4n) is 2.38. The van der Waals surface area contributed by atoms with Crippen LogP contribution in [0.25, 0.3) is 0 Å². The zero-order chi connectivity index (χ0) is 13.8. The summed E-state index contributed by atoms with van der Waals surface area (Å²) in [6, 6.07) is 6.03. The van der Waals surface area contributed by atoms with Crippen molar-refractivity contribution in [3.63, 3.8) is 0 Å². The summed E-state index contributed by atoms with van der Waals surface area (Å²) >= 11 is 8.59. The zero-order valence-electron chi connectivity index (χ0n) is 11.1. The highest BCUT2D eigenvalue weighted by atomic mass is 79.9. The molecule has 0 spiro atoms. The van der Waals surface area contributed by atoms with Crippen LogP contribution in [-0.4, -0.2) is 31.8 Å². The average molecular weight is 343 g/mol. The topological polar surface area (TPSA) is 38.5 Å². The first-order valence-electron chi connectivity index (χ1n) is 6.46. The number of hydrogen-bond donors (Lipinski definition) is 1. The lowest BCUT2D eigenvalue weighted by atomic mass is 9.99. The van der Waals surface area contributed by atoms with Gasteiger partial charge in [0.05, 0.1) is 5.69 Å². The van der Waals surface area contributed by atoms with Gasteiger partial charge in [-0.2, -0.15) is 0 Å². The first-order valence-corrected chi connectivity index (χ1v) is 7.66. The molecule has 1 aromatic rings. The van der Waals surface area contributed by atoms with Crippen molar-refractivity contribution in [1.29, 1.82) is 0 Å². The van der Waals surface area contributed by atoms with Gasteiger partial charge in [-0.25, -0.2) is 0 Å². The predicted octanol–water partition coefficient (Wildman–Crippen LogP) is 2.95. The van der Waals surface area contributed by atoms with Gasteiger partial charge in [-0.1, -0.05) is 12.2 Å². The minimum atomic E-state index is 0.430. The van der Waals surface area contributed by atoms with Gasteiger partial charge >= 0.3 is 0 Å². The molecule has 0 bridgehead atoms. The summed E-state index contributed by atoms with van der Waals surface area (Å²) in [5.74, 6) is 0.709. The average Bonchev–Trinajstić information content (AvgIpc) is 2.39. The molecule has 0 saturated carbocycles. The number of rotatable bonds is 4. The van der Waals surface area contributed by atoms with E-state index in [0.29, 0.717) is 10.9 Å². The first-order chi connectivity index (χ1) is 9.08. The van der Waals surface area contributed by atoms with E-state index in [2.05, 4.69) is 33.9 Å². The van der Waals surface area contributed by atoms with Gasteiger partial charge < -0.3 is 15.4 Å². The summed E-state index contributed by atoms with van der Waals surface area (Å²) in [5, 5.41) is 0. The minimum Gasteiger partial charge on any atom is -0.389 e. The van der Waals surface area contributed by atoms with E-state index in [1.807, 2.05) is 12.1 Å². The second kappa shape index (κ2) is 6.68. The van der Waals surface area contributed by atoms with E-state index >= 15 is 0 Å². The molecule has 1 aliphatic rings. The molecule has 1 saturated heterocycles. The van der Waals surface area contributed by atoms with Crippen molar-refractivity contribution >= 4 is 38.8 Å². The van der Waals surface area contributed by atoms with E-state index in [1.54, 1.807) is 0 Å². The van der Waals surface area contributed by atoms with Crippen molar-refractivity contribution in [3.8, 4) is 0 Å². The van der Waals surface area contributed by atoms with E-state index in [9.17, 15) is 0 Å². The van der Waals surface area contributed by atoms with Gasteiger partial charge in [0.15, 0.2) is 0 Å². The summed E-state index contributed by atoms with van der Waals surface area (Å²) in [6.07, 6.45) is 2.29. The Morgan fingerprint density at radius 3 is 2.74 bits per heavy atom. The quantitative estimate of drug-likeness (QED) is 0.853. The lowest BCUT2D eigenvalue weighted by Gasteiger charge is -2.29. The molecule has 0 unspecified atom stereocenters. The number of nitrogens with zero attached hydrogens (tertiary/aromatic N) is 1. The molecule has 0 radical (unpaired) electrons. The largest absolute Gasteiger partial charge is 0.389 e. The van der Waals surface area contributed by atoms with Crippen LogP contribution < -0.4 is 10.6 Å². The Balaban J connectivity index is 2.05. The van der Waals surface area contributed by atoms with E-state index < -0.39 is 0 Å². The number of halogens is 1. The lowest BCUT2D eigenvalue weighted by Crippen LogP contribution is -2.29. The Hall–Kier alpha value is -0.650. The monoisotopic (exact) mass is 342 g/mol. The van der Waals surface area contributed by atoms with Crippen molar-refractivity contribution in [2.45, 2.75) is 12.8 Å². The van der Waals surface area contributed by atoms with Gasteiger partial charge in [-0.3, -0.25) is 0 Å². The minimum absolute atomic E-state index is 0.430. The van der Waals surface area contributed by atoms with Gasteiger partial charge in [-0.15, -0.1) is 0 Å². The maximum atomic E-state index is 5.64. The van der Waals surface area contributed by atoms with Crippen LogP contribution in [0.1, 0.15) is 18.4 Å². The van der Waals surface area contributed by atoms with Crippen LogP contribution in [0.3, 0.4) is 0 Å². The first kappa shape index (κ1) is 14.8. The SMILES string of the molecule is CN(CC1CCOCC1)c1ccc(C(N)=S)cc1Br. The Labute approximate surface area is 128 Å². The Morgan fingerprint density at radius 1 is 1.47 bits per heavy atom. The Bertz CT molecular complexity index is 461. The maximum Gasteiger partial charge on any atom is 0.104 e. The van der Waals surface area contributed by atoms with Crippen LogP contribution in [0.5, 0.6) is 0 Å². The van der Waals surface area contributed by atoms with Crippen molar-refractivity contribution in [1.82, 2.24) is 0 Å².